The highest BCUT2D eigenvalue weighted by Gasteiger charge is 2.31. The molecule has 0 aromatic carbocycles. The normalized spacial score (nSPS) is 21.6. The number of carbonyl (C=O) groups is 2. The van der Waals surface area contributed by atoms with Crippen LogP contribution in [0.3, 0.4) is 0 Å². The van der Waals surface area contributed by atoms with E-state index >= 15 is 0 Å². The third-order valence-corrected chi connectivity index (χ3v) is 3.55. The fraction of sp³-hybridized carbons (Fsp3) is 0.500. The molecule has 1 aromatic rings. The summed E-state index contributed by atoms with van der Waals surface area (Å²) in [6.45, 7) is 0. The Bertz CT molecular complexity index is 565. The summed E-state index contributed by atoms with van der Waals surface area (Å²) in [4.78, 5) is 33.0. The van der Waals surface area contributed by atoms with Crippen molar-refractivity contribution in [2.24, 2.45) is 13.0 Å². The number of aliphatic carboxylic acids is 1. The Morgan fingerprint density at radius 1 is 1.50 bits per heavy atom. The molecule has 1 heterocycles. The molecule has 2 atom stereocenters. The highest BCUT2D eigenvalue weighted by Crippen LogP contribution is 2.26. The minimum Gasteiger partial charge on any atom is -0.481 e. The average molecular weight is 281 g/mol. The van der Waals surface area contributed by atoms with Crippen molar-refractivity contribution in [2.45, 2.75) is 25.3 Å². The molecule has 8 nitrogen and oxygen atoms in total. The second-order valence-corrected chi connectivity index (χ2v) is 4.97. The zero-order valence-corrected chi connectivity index (χ0v) is 10.9. The van der Waals surface area contributed by atoms with Gasteiger partial charge in [-0.2, -0.15) is 0 Å². The molecule has 0 aliphatic heterocycles. The molecular formula is C12H15N3O5. The van der Waals surface area contributed by atoms with E-state index in [1.54, 1.807) is 7.05 Å². The van der Waals surface area contributed by atoms with Gasteiger partial charge in [-0.25, -0.2) is 0 Å². The molecule has 1 aliphatic carbocycles. The lowest BCUT2D eigenvalue weighted by Crippen LogP contribution is -2.34. The summed E-state index contributed by atoms with van der Waals surface area (Å²) < 4.78 is 1.39. The number of nitrogens with one attached hydrogen (secondary N) is 1. The SMILES string of the molecule is Cn1cc([N+](=O)[O-])cc1C(=O)NC1CCC(C(=O)O)C1. The van der Waals surface area contributed by atoms with Crippen molar-refractivity contribution in [2.75, 3.05) is 0 Å². The van der Waals surface area contributed by atoms with Crippen LogP contribution in [0.1, 0.15) is 29.8 Å². The van der Waals surface area contributed by atoms with Crippen molar-refractivity contribution in [3.05, 3.63) is 28.1 Å². The first-order valence-corrected chi connectivity index (χ1v) is 6.23. The number of aromatic nitrogens is 1. The van der Waals surface area contributed by atoms with Gasteiger partial charge in [0.2, 0.25) is 0 Å². The largest absolute Gasteiger partial charge is 0.481 e. The van der Waals surface area contributed by atoms with Crippen molar-refractivity contribution >= 4 is 17.6 Å². The van der Waals surface area contributed by atoms with Crippen LogP contribution in [0.25, 0.3) is 0 Å². The molecule has 0 spiro atoms. The molecule has 2 N–H and O–H groups in total. The molecule has 20 heavy (non-hydrogen) atoms. The summed E-state index contributed by atoms with van der Waals surface area (Å²) in [7, 11) is 1.55. The van der Waals surface area contributed by atoms with Crippen LogP contribution >= 0.6 is 0 Å². The fourth-order valence-corrected chi connectivity index (χ4v) is 2.47. The van der Waals surface area contributed by atoms with E-state index in [2.05, 4.69) is 5.32 Å². The number of hydrogen-bond acceptors (Lipinski definition) is 4. The number of carbonyl (C=O) groups excluding carboxylic acids is 1. The number of nitro groups is 1. The van der Waals surface area contributed by atoms with Gasteiger partial charge in [-0.05, 0) is 19.3 Å². The maximum atomic E-state index is 12.0. The standard InChI is InChI=1S/C12H15N3O5/c1-14-6-9(15(19)20)5-10(14)11(16)13-8-3-2-7(4-8)12(17)18/h5-8H,2-4H2,1H3,(H,13,16)(H,17,18). The van der Waals surface area contributed by atoms with E-state index < -0.39 is 22.7 Å². The first kappa shape index (κ1) is 14.0. The molecule has 1 amide bonds. The molecular weight excluding hydrogens is 266 g/mol. The van der Waals surface area contributed by atoms with Crippen LogP contribution in [0.2, 0.25) is 0 Å². The van der Waals surface area contributed by atoms with Crippen molar-refractivity contribution < 1.29 is 19.6 Å². The number of aryl methyl sites for hydroxylation is 1. The smallest absolute Gasteiger partial charge is 0.306 e. The first-order valence-electron chi connectivity index (χ1n) is 6.23. The highest BCUT2D eigenvalue weighted by molar-refractivity contribution is 5.93. The van der Waals surface area contributed by atoms with E-state index in [9.17, 15) is 19.7 Å². The zero-order valence-electron chi connectivity index (χ0n) is 10.9. The number of amides is 1. The summed E-state index contributed by atoms with van der Waals surface area (Å²) in [5.41, 5.74) is 0.0444. The third kappa shape index (κ3) is 2.79. The number of nitrogens with zero attached hydrogens (tertiary/aromatic N) is 2. The van der Waals surface area contributed by atoms with Crippen molar-refractivity contribution in [3.63, 3.8) is 0 Å². The van der Waals surface area contributed by atoms with Crippen LogP contribution in [0.15, 0.2) is 12.3 Å². The molecule has 1 saturated carbocycles. The van der Waals surface area contributed by atoms with Crippen molar-refractivity contribution in [1.82, 2.24) is 9.88 Å². The predicted octanol–water partition coefficient (Wildman–Crippen LogP) is 0.916. The molecule has 108 valence electrons. The van der Waals surface area contributed by atoms with Gasteiger partial charge in [-0.15, -0.1) is 0 Å². The van der Waals surface area contributed by atoms with Crippen molar-refractivity contribution in [3.8, 4) is 0 Å². The highest BCUT2D eigenvalue weighted by atomic mass is 16.6. The van der Waals surface area contributed by atoms with Gasteiger partial charge in [0.25, 0.3) is 11.6 Å². The summed E-state index contributed by atoms with van der Waals surface area (Å²) in [5, 5.41) is 22.3. The van der Waals surface area contributed by atoms with E-state index in [4.69, 9.17) is 5.11 Å². The average Bonchev–Trinajstić information content (AvgIpc) is 2.95. The summed E-state index contributed by atoms with van der Waals surface area (Å²) in [6.07, 6.45) is 2.81. The molecule has 1 fully saturated rings. The quantitative estimate of drug-likeness (QED) is 0.629. The minimum atomic E-state index is -0.851. The lowest BCUT2D eigenvalue weighted by molar-refractivity contribution is -0.384. The monoisotopic (exact) mass is 281 g/mol. The molecule has 8 heteroatoms. The predicted molar refractivity (Wildman–Crippen MR) is 68.3 cm³/mol. The van der Waals surface area contributed by atoms with Gasteiger partial charge >= 0.3 is 5.97 Å². The minimum absolute atomic E-state index is 0.146. The van der Waals surface area contributed by atoms with Gasteiger partial charge in [-0.1, -0.05) is 0 Å². The second-order valence-electron chi connectivity index (χ2n) is 4.97. The first-order chi connectivity index (χ1) is 9.38. The Hall–Kier alpha value is -2.38. The lowest BCUT2D eigenvalue weighted by atomic mass is 10.1. The van der Waals surface area contributed by atoms with E-state index in [0.29, 0.717) is 19.3 Å². The van der Waals surface area contributed by atoms with Crippen LogP contribution in [0.4, 0.5) is 5.69 Å². The molecule has 0 radical (unpaired) electrons. The maximum absolute atomic E-state index is 12.0. The Morgan fingerprint density at radius 3 is 2.70 bits per heavy atom. The number of hydrogen-bond donors (Lipinski definition) is 2. The van der Waals surface area contributed by atoms with E-state index in [1.807, 2.05) is 0 Å². The Morgan fingerprint density at radius 2 is 2.20 bits per heavy atom. The van der Waals surface area contributed by atoms with Gasteiger partial charge in [0.05, 0.1) is 17.0 Å². The number of carboxylic acids is 1. The molecule has 2 unspecified atom stereocenters. The lowest BCUT2D eigenvalue weighted by Gasteiger charge is -2.12. The maximum Gasteiger partial charge on any atom is 0.306 e. The molecule has 0 bridgehead atoms. The summed E-state index contributed by atoms with van der Waals surface area (Å²) in [5.74, 6) is -1.70. The summed E-state index contributed by atoms with van der Waals surface area (Å²) >= 11 is 0. The van der Waals surface area contributed by atoms with Gasteiger partial charge in [0, 0.05) is 19.2 Å². The van der Waals surface area contributed by atoms with Crippen LogP contribution < -0.4 is 5.32 Å². The number of carboxylic acid groups (broad SMARTS) is 1. The van der Waals surface area contributed by atoms with Crippen molar-refractivity contribution in [1.29, 1.82) is 0 Å². The Balaban J connectivity index is 2.02. The third-order valence-electron chi connectivity index (χ3n) is 3.55. The van der Waals surface area contributed by atoms with E-state index in [-0.39, 0.29) is 17.4 Å². The zero-order chi connectivity index (χ0) is 14.9. The molecule has 2 rings (SSSR count). The Labute approximate surface area is 114 Å². The molecule has 1 aromatic heterocycles. The Kier molecular flexibility index (Phi) is 3.73. The number of rotatable bonds is 4. The van der Waals surface area contributed by atoms with Gasteiger partial charge in [-0.3, -0.25) is 19.7 Å². The molecule has 1 aliphatic rings. The van der Waals surface area contributed by atoms with E-state index in [0.717, 1.165) is 0 Å². The van der Waals surface area contributed by atoms with Crippen LogP contribution in [-0.4, -0.2) is 32.5 Å². The molecule has 0 saturated heterocycles. The second kappa shape index (κ2) is 5.32. The fourth-order valence-electron chi connectivity index (χ4n) is 2.47. The topological polar surface area (TPSA) is 114 Å². The summed E-state index contributed by atoms with van der Waals surface area (Å²) in [6, 6.07) is 1.01. The van der Waals surface area contributed by atoms with Crippen LogP contribution in [0, 0.1) is 16.0 Å². The van der Waals surface area contributed by atoms with E-state index in [1.165, 1.54) is 16.8 Å². The van der Waals surface area contributed by atoms with Gasteiger partial charge < -0.3 is 15.0 Å². The van der Waals surface area contributed by atoms with Gasteiger partial charge in [0.1, 0.15) is 5.69 Å². The van der Waals surface area contributed by atoms with Crippen LogP contribution in [-0.2, 0) is 11.8 Å². The van der Waals surface area contributed by atoms with Gasteiger partial charge in [0.15, 0.2) is 0 Å². The van der Waals surface area contributed by atoms with Crippen LogP contribution in [0.5, 0.6) is 0 Å².